The Morgan fingerprint density at radius 1 is 1.10 bits per heavy atom. The first kappa shape index (κ1) is 13.4. The normalized spacial score (nSPS) is 10.5. The summed E-state index contributed by atoms with van der Waals surface area (Å²) >= 11 is 1.13. The van der Waals surface area contributed by atoms with Gasteiger partial charge in [-0.15, -0.1) is 11.3 Å². The molecule has 0 saturated carbocycles. The minimum Gasteiger partial charge on any atom is -0.477 e. The van der Waals surface area contributed by atoms with Crippen molar-refractivity contribution in [1.29, 1.82) is 0 Å². The summed E-state index contributed by atoms with van der Waals surface area (Å²) in [5.74, 6) is -0.317. The zero-order valence-corrected chi connectivity index (χ0v) is 12.0. The van der Waals surface area contributed by atoms with Crippen molar-refractivity contribution in [1.82, 2.24) is 15.0 Å². The van der Waals surface area contributed by atoms with E-state index in [-0.39, 0.29) is 4.88 Å². The Kier molecular flexibility index (Phi) is 3.45. The van der Waals surface area contributed by atoms with E-state index in [1.807, 2.05) is 30.3 Å². The molecule has 0 fully saturated rings. The van der Waals surface area contributed by atoms with Crippen molar-refractivity contribution in [3.8, 4) is 21.8 Å². The molecule has 3 aromatic rings. The van der Waals surface area contributed by atoms with Crippen molar-refractivity contribution in [2.24, 2.45) is 0 Å². The lowest BCUT2D eigenvalue weighted by molar-refractivity contribution is 0.0702. The molecule has 1 N–H and O–H groups in total. The molecule has 0 radical (unpaired) electrons. The number of hydrogen-bond acceptors (Lipinski definition) is 5. The van der Waals surface area contributed by atoms with Gasteiger partial charge < -0.3 is 5.11 Å². The van der Waals surface area contributed by atoms with Crippen LogP contribution in [0.25, 0.3) is 21.8 Å². The van der Waals surface area contributed by atoms with Crippen LogP contribution in [0.15, 0.2) is 42.7 Å². The van der Waals surface area contributed by atoms with Crippen molar-refractivity contribution in [3.05, 3.63) is 53.4 Å². The molecule has 21 heavy (non-hydrogen) atoms. The number of aromatic carboxylic acids is 1. The summed E-state index contributed by atoms with van der Waals surface area (Å²) in [4.78, 5) is 24.4. The van der Waals surface area contributed by atoms with Gasteiger partial charge in [-0.2, -0.15) is 0 Å². The highest BCUT2D eigenvalue weighted by Gasteiger charge is 2.19. The van der Waals surface area contributed by atoms with Gasteiger partial charge in [-0.05, 0) is 6.92 Å². The van der Waals surface area contributed by atoms with E-state index in [0.717, 1.165) is 22.5 Å². The van der Waals surface area contributed by atoms with Crippen LogP contribution in [0.3, 0.4) is 0 Å². The Hall–Kier alpha value is -2.60. The van der Waals surface area contributed by atoms with Crippen LogP contribution in [-0.2, 0) is 0 Å². The number of thiazole rings is 1. The number of aromatic nitrogens is 3. The quantitative estimate of drug-likeness (QED) is 0.803. The fraction of sp³-hybridized carbons (Fsp3) is 0.0667. The van der Waals surface area contributed by atoms with Crippen LogP contribution in [0, 0.1) is 6.92 Å². The third-order valence-corrected chi connectivity index (χ3v) is 3.99. The number of rotatable bonds is 3. The molecular weight excluding hydrogens is 286 g/mol. The lowest BCUT2D eigenvalue weighted by Crippen LogP contribution is -1.95. The van der Waals surface area contributed by atoms with Gasteiger partial charge >= 0.3 is 5.97 Å². The van der Waals surface area contributed by atoms with E-state index in [4.69, 9.17) is 0 Å². The van der Waals surface area contributed by atoms with Gasteiger partial charge in [0.1, 0.15) is 15.7 Å². The first-order chi connectivity index (χ1) is 10.1. The van der Waals surface area contributed by atoms with Crippen LogP contribution in [0.4, 0.5) is 0 Å². The summed E-state index contributed by atoms with van der Waals surface area (Å²) in [6.07, 6.45) is 3.31. The maximum atomic E-state index is 11.4. The maximum Gasteiger partial charge on any atom is 0.348 e. The molecule has 0 spiro atoms. The van der Waals surface area contributed by atoms with Crippen molar-refractivity contribution in [3.63, 3.8) is 0 Å². The van der Waals surface area contributed by atoms with Crippen LogP contribution in [0.2, 0.25) is 0 Å². The maximum absolute atomic E-state index is 11.4. The Balaban J connectivity index is 2.13. The molecule has 104 valence electrons. The van der Waals surface area contributed by atoms with E-state index >= 15 is 0 Å². The molecule has 0 saturated heterocycles. The molecule has 0 aliphatic carbocycles. The SMILES string of the molecule is Cc1ncc(-c2nc(-c3ccccc3)c(C(=O)O)s2)cn1. The van der Waals surface area contributed by atoms with Crippen LogP contribution >= 0.6 is 11.3 Å². The monoisotopic (exact) mass is 297 g/mol. The first-order valence-electron chi connectivity index (χ1n) is 6.23. The average Bonchev–Trinajstić information content (AvgIpc) is 2.94. The van der Waals surface area contributed by atoms with Crippen LogP contribution in [0.5, 0.6) is 0 Å². The summed E-state index contributed by atoms with van der Waals surface area (Å²) < 4.78 is 0. The third kappa shape index (κ3) is 2.66. The molecule has 2 heterocycles. The molecule has 0 aliphatic rings. The van der Waals surface area contributed by atoms with E-state index in [1.165, 1.54) is 0 Å². The second kappa shape index (κ2) is 5.41. The second-order valence-electron chi connectivity index (χ2n) is 4.39. The largest absolute Gasteiger partial charge is 0.477 e. The smallest absolute Gasteiger partial charge is 0.348 e. The summed E-state index contributed by atoms with van der Waals surface area (Å²) in [5, 5.41) is 9.97. The summed E-state index contributed by atoms with van der Waals surface area (Å²) in [6, 6.07) is 9.28. The number of nitrogens with zero attached hydrogens (tertiary/aromatic N) is 3. The van der Waals surface area contributed by atoms with Crippen molar-refractivity contribution in [2.45, 2.75) is 6.92 Å². The summed E-state index contributed by atoms with van der Waals surface area (Å²) in [6.45, 7) is 1.80. The van der Waals surface area contributed by atoms with Gasteiger partial charge in [0.05, 0.1) is 5.69 Å². The van der Waals surface area contributed by atoms with Crippen LogP contribution < -0.4 is 0 Å². The third-order valence-electron chi connectivity index (χ3n) is 2.90. The number of benzene rings is 1. The first-order valence-corrected chi connectivity index (χ1v) is 7.05. The Morgan fingerprint density at radius 3 is 2.38 bits per heavy atom. The van der Waals surface area contributed by atoms with E-state index in [2.05, 4.69) is 15.0 Å². The Bertz CT molecular complexity index is 782. The molecule has 0 bridgehead atoms. The fourth-order valence-corrected chi connectivity index (χ4v) is 2.78. The van der Waals surface area contributed by atoms with Gasteiger partial charge in [0.25, 0.3) is 0 Å². The van der Waals surface area contributed by atoms with Gasteiger partial charge in [-0.25, -0.2) is 19.7 Å². The molecule has 3 rings (SSSR count). The zero-order chi connectivity index (χ0) is 14.8. The summed E-state index contributed by atoms with van der Waals surface area (Å²) in [5.41, 5.74) is 1.98. The second-order valence-corrected chi connectivity index (χ2v) is 5.39. The number of aryl methyl sites for hydroxylation is 1. The number of carboxylic acid groups (broad SMARTS) is 1. The predicted molar refractivity (Wildman–Crippen MR) is 80.3 cm³/mol. The molecule has 2 aromatic heterocycles. The Morgan fingerprint density at radius 2 is 1.76 bits per heavy atom. The molecule has 0 aliphatic heterocycles. The summed E-state index contributed by atoms with van der Waals surface area (Å²) in [7, 11) is 0. The molecule has 0 unspecified atom stereocenters. The number of hydrogen-bond donors (Lipinski definition) is 1. The number of carboxylic acids is 1. The molecule has 1 aromatic carbocycles. The van der Waals surface area contributed by atoms with Gasteiger partial charge in [0, 0.05) is 23.5 Å². The minimum atomic E-state index is -0.981. The zero-order valence-electron chi connectivity index (χ0n) is 11.1. The van der Waals surface area contributed by atoms with Gasteiger partial charge in [0.2, 0.25) is 0 Å². The highest BCUT2D eigenvalue weighted by atomic mass is 32.1. The Labute approximate surface area is 125 Å². The predicted octanol–water partition coefficient (Wildman–Crippen LogP) is 3.27. The molecule has 0 amide bonds. The highest BCUT2D eigenvalue weighted by molar-refractivity contribution is 7.17. The molecule has 0 atom stereocenters. The van der Waals surface area contributed by atoms with E-state index < -0.39 is 5.97 Å². The fourth-order valence-electron chi connectivity index (χ4n) is 1.88. The van der Waals surface area contributed by atoms with E-state index in [0.29, 0.717) is 16.5 Å². The highest BCUT2D eigenvalue weighted by Crippen LogP contribution is 2.33. The van der Waals surface area contributed by atoms with Gasteiger partial charge in [0.15, 0.2) is 0 Å². The molecule has 6 heteroatoms. The lowest BCUT2D eigenvalue weighted by Gasteiger charge is -1.97. The molecule has 5 nitrogen and oxygen atoms in total. The van der Waals surface area contributed by atoms with Gasteiger partial charge in [-0.3, -0.25) is 0 Å². The van der Waals surface area contributed by atoms with E-state index in [9.17, 15) is 9.90 Å². The minimum absolute atomic E-state index is 0.219. The van der Waals surface area contributed by atoms with Crippen molar-refractivity contribution >= 4 is 17.3 Å². The van der Waals surface area contributed by atoms with E-state index in [1.54, 1.807) is 19.3 Å². The lowest BCUT2D eigenvalue weighted by atomic mass is 10.1. The van der Waals surface area contributed by atoms with Crippen molar-refractivity contribution < 1.29 is 9.90 Å². The van der Waals surface area contributed by atoms with Crippen LogP contribution in [-0.4, -0.2) is 26.0 Å². The van der Waals surface area contributed by atoms with Gasteiger partial charge in [-0.1, -0.05) is 30.3 Å². The van der Waals surface area contributed by atoms with Crippen LogP contribution in [0.1, 0.15) is 15.5 Å². The standard InChI is InChI=1S/C15H11N3O2S/c1-9-16-7-11(8-17-9)14-18-12(13(21-14)15(19)20)10-5-3-2-4-6-10/h2-8H,1H3,(H,19,20). The number of carbonyl (C=O) groups is 1. The average molecular weight is 297 g/mol. The van der Waals surface area contributed by atoms with Crippen molar-refractivity contribution in [2.75, 3.05) is 0 Å². The molecular formula is C15H11N3O2S. The topological polar surface area (TPSA) is 76.0 Å².